The third kappa shape index (κ3) is 2.38. The molecule has 1 N–H and O–H groups in total. The number of hydrogen-bond donors (Lipinski definition) is 1. The first-order valence-electron chi connectivity index (χ1n) is 5.69. The molecular weight excluding hydrogens is 252 g/mol. The molecule has 0 saturated carbocycles. The predicted octanol–water partition coefficient (Wildman–Crippen LogP) is 1.80. The Bertz CT molecular complexity index is 659. The largest absolute Gasteiger partial charge is 0.329 e. The summed E-state index contributed by atoms with van der Waals surface area (Å²) in [4.78, 5) is 26.4. The van der Waals surface area contributed by atoms with Crippen molar-refractivity contribution in [2.45, 2.75) is 19.9 Å². The number of halogens is 1. The number of nitrogens with zero attached hydrogens (tertiary/aromatic N) is 1. The Kier molecular flexibility index (Phi) is 3.67. The number of H-pyrrole nitrogens is 1. The fourth-order valence-corrected chi connectivity index (χ4v) is 2.10. The van der Waals surface area contributed by atoms with Crippen LogP contribution in [0.2, 0.25) is 5.15 Å². The summed E-state index contributed by atoms with van der Waals surface area (Å²) in [6.45, 7) is 2.08. The summed E-state index contributed by atoms with van der Waals surface area (Å²) < 4.78 is 1.17. The van der Waals surface area contributed by atoms with Crippen LogP contribution in [0, 0.1) is 0 Å². The maximum absolute atomic E-state index is 12.1. The van der Waals surface area contributed by atoms with Crippen LogP contribution >= 0.6 is 11.6 Å². The van der Waals surface area contributed by atoms with Gasteiger partial charge in [-0.2, -0.15) is 0 Å². The zero-order valence-corrected chi connectivity index (χ0v) is 10.7. The van der Waals surface area contributed by atoms with Gasteiger partial charge in [0.15, 0.2) is 0 Å². The van der Waals surface area contributed by atoms with Gasteiger partial charge >= 0.3 is 5.69 Å². The van der Waals surface area contributed by atoms with E-state index >= 15 is 0 Å². The first kappa shape index (κ1) is 12.6. The van der Waals surface area contributed by atoms with Gasteiger partial charge in [-0.25, -0.2) is 4.79 Å². The minimum absolute atomic E-state index is 0.136. The van der Waals surface area contributed by atoms with Gasteiger partial charge in [-0.3, -0.25) is 14.3 Å². The number of nitrogens with one attached hydrogen (secondary N) is 1. The van der Waals surface area contributed by atoms with Crippen LogP contribution in [0.5, 0.6) is 0 Å². The Hall–Kier alpha value is -1.81. The zero-order valence-electron chi connectivity index (χ0n) is 9.94. The lowest BCUT2D eigenvalue weighted by atomic mass is 10.2. The van der Waals surface area contributed by atoms with Gasteiger partial charge in [0.1, 0.15) is 5.15 Å². The number of hydrogen-bond acceptors (Lipinski definition) is 2. The quantitative estimate of drug-likeness (QED) is 0.860. The van der Waals surface area contributed by atoms with Crippen molar-refractivity contribution in [2.24, 2.45) is 0 Å². The molecule has 2 rings (SSSR count). The molecule has 1 heterocycles. The smallest absolute Gasteiger partial charge is 0.297 e. The normalized spacial score (nSPS) is 10.6. The fourth-order valence-electron chi connectivity index (χ4n) is 1.80. The van der Waals surface area contributed by atoms with Crippen LogP contribution in [-0.4, -0.2) is 9.55 Å². The first-order valence-corrected chi connectivity index (χ1v) is 6.06. The summed E-state index contributed by atoms with van der Waals surface area (Å²) in [7, 11) is 0. The highest BCUT2D eigenvalue weighted by molar-refractivity contribution is 6.30. The van der Waals surface area contributed by atoms with Crippen LogP contribution in [0.25, 0.3) is 0 Å². The van der Waals surface area contributed by atoms with Gasteiger partial charge in [-0.1, -0.05) is 48.9 Å². The van der Waals surface area contributed by atoms with Gasteiger partial charge in [-0.05, 0) is 12.0 Å². The molecule has 1 aromatic carbocycles. The topological polar surface area (TPSA) is 54.9 Å². The SMILES string of the molecule is CCc1c(Cl)[nH]c(=O)n(Cc2ccccc2)c1=O. The molecule has 0 spiro atoms. The highest BCUT2D eigenvalue weighted by Crippen LogP contribution is 2.06. The van der Waals surface area contributed by atoms with Crippen molar-refractivity contribution < 1.29 is 0 Å². The van der Waals surface area contributed by atoms with E-state index in [1.165, 1.54) is 4.57 Å². The van der Waals surface area contributed by atoms with E-state index < -0.39 is 5.69 Å². The second-order valence-electron chi connectivity index (χ2n) is 3.95. The van der Waals surface area contributed by atoms with E-state index in [4.69, 9.17) is 11.6 Å². The molecule has 18 heavy (non-hydrogen) atoms. The summed E-state index contributed by atoms with van der Waals surface area (Å²) in [5.74, 6) is 0. The van der Waals surface area contributed by atoms with Gasteiger partial charge in [0.25, 0.3) is 5.56 Å². The number of aromatic amines is 1. The van der Waals surface area contributed by atoms with Gasteiger partial charge in [-0.15, -0.1) is 0 Å². The maximum atomic E-state index is 12.1. The van der Waals surface area contributed by atoms with Gasteiger partial charge in [0, 0.05) is 0 Å². The lowest BCUT2D eigenvalue weighted by Crippen LogP contribution is -2.37. The van der Waals surface area contributed by atoms with E-state index in [-0.39, 0.29) is 17.3 Å². The third-order valence-electron chi connectivity index (χ3n) is 2.77. The molecule has 0 aliphatic rings. The number of rotatable bonds is 3. The molecule has 0 saturated heterocycles. The van der Waals surface area contributed by atoms with E-state index in [9.17, 15) is 9.59 Å². The molecule has 0 aliphatic carbocycles. The van der Waals surface area contributed by atoms with Crippen molar-refractivity contribution in [1.82, 2.24) is 9.55 Å². The summed E-state index contributed by atoms with van der Waals surface area (Å²) in [5, 5.41) is 0.136. The Morgan fingerprint density at radius 1 is 1.22 bits per heavy atom. The molecule has 0 aliphatic heterocycles. The van der Waals surface area contributed by atoms with Crippen molar-refractivity contribution in [1.29, 1.82) is 0 Å². The van der Waals surface area contributed by atoms with E-state index in [2.05, 4.69) is 4.98 Å². The van der Waals surface area contributed by atoms with E-state index in [1.54, 1.807) is 0 Å². The lowest BCUT2D eigenvalue weighted by molar-refractivity contribution is 0.686. The minimum Gasteiger partial charge on any atom is -0.297 e. The van der Waals surface area contributed by atoms with Crippen LogP contribution in [0.3, 0.4) is 0 Å². The highest BCUT2D eigenvalue weighted by atomic mass is 35.5. The molecule has 0 radical (unpaired) electrons. The van der Waals surface area contributed by atoms with E-state index in [0.717, 1.165) is 5.56 Å². The highest BCUT2D eigenvalue weighted by Gasteiger charge is 2.11. The molecule has 0 atom stereocenters. The van der Waals surface area contributed by atoms with Crippen LogP contribution in [0.1, 0.15) is 18.1 Å². The van der Waals surface area contributed by atoms with Crippen LogP contribution in [0.4, 0.5) is 0 Å². The van der Waals surface area contributed by atoms with Crippen molar-refractivity contribution in [3.63, 3.8) is 0 Å². The average molecular weight is 265 g/mol. The second-order valence-corrected chi connectivity index (χ2v) is 4.33. The Balaban J connectivity index is 2.52. The Labute approximate surface area is 109 Å². The summed E-state index contributed by atoms with van der Waals surface area (Å²) in [6.07, 6.45) is 0.489. The average Bonchev–Trinajstić information content (AvgIpc) is 2.36. The minimum atomic E-state index is -0.481. The second kappa shape index (κ2) is 5.23. The third-order valence-corrected chi connectivity index (χ3v) is 3.09. The molecule has 4 nitrogen and oxygen atoms in total. The lowest BCUT2D eigenvalue weighted by Gasteiger charge is -2.07. The van der Waals surface area contributed by atoms with Crippen molar-refractivity contribution in [2.75, 3.05) is 0 Å². The monoisotopic (exact) mass is 264 g/mol. The molecule has 0 unspecified atom stereocenters. The first-order chi connectivity index (χ1) is 8.63. The number of benzene rings is 1. The van der Waals surface area contributed by atoms with Crippen molar-refractivity contribution in [3.8, 4) is 0 Å². The van der Waals surface area contributed by atoms with E-state index in [1.807, 2.05) is 37.3 Å². The van der Waals surface area contributed by atoms with Crippen molar-refractivity contribution in [3.05, 3.63) is 67.4 Å². The molecule has 2 aromatic rings. The molecular formula is C13H13ClN2O2. The van der Waals surface area contributed by atoms with Crippen LogP contribution in [0.15, 0.2) is 39.9 Å². The molecule has 0 fully saturated rings. The van der Waals surface area contributed by atoms with Gasteiger partial charge in [0.2, 0.25) is 0 Å². The predicted molar refractivity (Wildman–Crippen MR) is 71.3 cm³/mol. The molecule has 0 bridgehead atoms. The summed E-state index contributed by atoms with van der Waals surface area (Å²) >= 11 is 5.84. The molecule has 94 valence electrons. The molecule has 0 amide bonds. The van der Waals surface area contributed by atoms with Gasteiger partial charge in [0.05, 0.1) is 12.1 Å². The van der Waals surface area contributed by atoms with Crippen LogP contribution in [-0.2, 0) is 13.0 Å². The van der Waals surface area contributed by atoms with Crippen molar-refractivity contribution >= 4 is 11.6 Å². The zero-order chi connectivity index (χ0) is 13.1. The van der Waals surface area contributed by atoms with Crippen LogP contribution < -0.4 is 11.2 Å². The fraction of sp³-hybridized carbons (Fsp3) is 0.231. The molecule has 1 aromatic heterocycles. The molecule has 5 heteroatoms. The maximum Gasteiger partial charge on any atom is 0.329 e. The van der Waals surface area contributed by atoms with E-state index in [0.29, 0.717) is 12.0 Å². The summed E-state index contributed by atoms with van der Waals surface area (Å²) in [6, 6.07) is 9.35. The van der Waals surface area contributed by atoms with Gasteiger partial charge < -0.3 is 0 Å². The summed E-state index contributed by atoms with van der Waals surface area (Å²) in [5.41, 5.74) is 0.530. The Morgan fingerprint density at radius 3 is 2.50 bits per heavy atom. The number of aromatic nitrogens is 2. The Morgan fingerprint density at radius 2 is 1.89 bits per heavy atom. The standard InChI is InChI=1S/C13H13ClN2O2/c1-2-10-11(14)15-13(18)16(12(10)17)8-9-6-4-3-5-7-9/h3-7H,2,8H2,1H3,(H,15,18).